The van der Waals surface area contributed by atoms with E-state index in [0.717, 1.165) is 39.3 Å². The van der Waals surface area contributed by atoms with Crippen molar-refractivity contribution in [2.24, 2.45) is 4.99 Å². The maximum atomic E-state index is 13.7. The van der Waals surface area contributed by atoms with Gasteiger partial charge in [-0.15, -0.1) is 24.0 Å². The van der Waals surface area contributed by atoms with E-state index in [1.807, 2.05) is 6.07 Å². The van der Waals surface area contributed by atoms with Crippen LogP contribution in [0, 0.1) is 5.82 Å². The molecule has 0 bridgehead atoms. The first-order valence-corrected chi connectivity index (χ1v) is 8.78. The fourth-order valence-electron chi connectivity index (χ4n) is 2.94. The number of benzene rings is 1. The van der Waals surface area contributed by atoms with Gasteiger partial charge in [0.2, 0.25) is 0 Å². The lowest BCUT2D eigenvalue weighted by molar-refractivity contribution is 0.107. The first kappa shape index (κ1) is 22.1. The zero-order valence-corrected chi connectivity index (χ0v) is 17.8. The van der Waals surface area contributed by atoms with Crippen molar-refractivity contribution in [1.29, 1.82) is 0 Å². The first-order valence-electron chi connectivity index (χ1n) is 8.78. The summed E-state index contributed by atoms with van der Waals surface area (Å²) in [6.45, 7) is 11.3. The average Bonchev–Trinajstić information content (AvgIpc) is 2.63. The van der Waals surface area contributed by atoms with E-state index in [4.69, 9.17) is 0 Å². The molecule has 1 aromatic carbocycles. The van der Waals surface area contributed by atoms with Crippen molar-refractivity contribution in [2.75, 3.05) is 46.3 Å². The van der Waals surface area contributed by atoms with Gasteiger partial charge in [-0.1, -0.05) is 25.1 Å². The van der Waals surface area contributed by atoms with Crippen LogP contribution in [0.3, 0.4) is 0 Å². The summed E-state index contributed by atoms with van der Waals surface area (Å²) in [5.41, 5.74) is 0.643. The van der Waals surface area contributed by atoms with Gasteiger partial charge in [-0.25, -0.2) is 4.39 Å². The van der Waals surface area contributed by atoms with Gasteiger partial charge in [-0.3, -0.25) is 9.89 Å². The highest BCUT2D eigenvalue weighted by Crippen LogP contribution is 2.06. The Morgan fingerprint density at radius 2 is 1.88 bits per heavy atom. The minimum atomic E-state index is -0.192. The van der Waals surface area contributed by atoms with Gasteiger partial charge in [0.15, 0.2) is 5.96 Å². The van der Waals surface area contributed by atoms with Gasteiger partial charge in [0.25, 0.3) is 0 Å². The molecule has 142 valence electrons. The van der Waals surface area contributed by atoms with E-state index < -0.39 is 0 Å². The molecule has 0 radical (unpaired) electrons. The van der Waals surface area contributed by atoms with Crippen LogP contribution in [0.4, 0.5) is 4.39 Å². The number of halogens is 2. The summed E-state index contributed by atoms with van der Waals surface area (Å²) in [6, 6.07) is 7.24. The smallest absolute Gasteiger partial charge is 0.191 e. The fraction of sp³-hybridized carbons (Fsp3) is 0.611. The Labute approximate surface area is 168 Å². The van der Waals surface area contributed by atoms with Gasteiger partial charge in [0.1, 0.15) is 5.82 Å². The van der Waals surface area contributed by atoms with Crippen LogP contribution in [0.15, 0.2) is 29.3 Å². The Kier molecular flexibility index (Phi) is 10.3. The van der Waals surface area contributed by atoms with E-state index in [1.165, 1.54) is 6.07 Å². The summed E-state index contributed by atoms with van der Waals surface area (Å²) in [5.74, 6) is 0.514. The third-order valence-corrected chi connectivity index (χ3v) is 4.67. The van der Waals surface area contributed by atoms with Crippen LogP contribution < -0.4 is 10.6 Å². The molecule has 5 nitrogen and oxygen atoms in total. The van der Waals surface area contributed by atoms with Gasteiger partial charge >= 0.3 is 0 Å². The second kappa shape index (κ2) is 11.6. The minimum Gasteiger partial charge on any atom is -0.355 e. The van der Waals surface area contributed by atoms with E-state index in [-0.39, 0.29) is 29.8 Å². The number of aliphatic imine (C=N–C) groups is 1. The highest BCUT2D eigenvalue weighted by molar-refractivity contribution is 14.0. The monoisotopic (exact) mass is 463 g/mol. The van der Waals surface area contributed by atoms with Crippen molar-refractivity contribution in [3.05, 3.63) is 35.6 Å². The molecular weight excluding hydrogens is 432 g/mol. The normalized spacial score (nSPS) is 17.7. The lowest BCUT2D eigenvalue weighted by Crippen LogP contribution is -2.53. The number of piperazine rings is 1. The van der Waals surface area contributed by atoms with Gasteiger partial charge in [0.05, 0.1) is 0 Å². The van der Waals surface area contributed by atoms with Gasteiger partial charge in [-0.2, -0.15) is 0 Å². The highest BCUT2D eigenvalue weighted by atomic mass is 127. The van der Waals surface area contributed by atoms with Gasteiger partial charge < -0.3 is 15.5 Å². The first-order chi connectivity index (χ1) is 11.6. The van der Waals surface area contributed by atoms with Crippen molar-refractivity contribution in [3.8, 4) is 0 Å². The molecule has 1 unspecified atom stereocenters. The number of hydrogen-bond donors (Lipinski definition) is 2. The number of guanidine groups is 1. The molecular formula is C18H31FIN5. The van der Waals surface area contributed by atoms with Crippen molar-refractivity contribution < 1.29 is 4.39 Å². The second-order valence-electron chi connectivity index (χ2n) is 6.22. The summed E-state index contributed by atoms with van der Waals surface area (Å²) in [5, 5.41) is 6.52. The Morgan fingerprint density at radius 1 is 1.20 bits per heavy atom. The minimum absolute atomic E-state index is 0. The maximum absolute atomic E-state index is 13.7. The predicted octanol–water partition coefficient (Wildman–Crippen LogP) is 2.13. The van der Waals surface area contributed by atoms with E-state index in [9.17, 15) is 4.39 Å². The molecule has 0 amide bonds. The molecule has 2 N–H and O–H groups in total. The molecule has 1 fully saturated rings. The molecule has 0 saturated carbocycles. The van der Waals surface area contributed by atoms with E-state index >= 15 is 0 Å². The van der Waals surface area contributed by atoms with Crippen LogP contribution in [-0.2, 0) is 6.54 Å². The van der Waals surface area contributed by atoms with Crippen molar-refractivity contribution in [3.63, 3.8) is 0 Å². The molecule has 1 atom stereocenters. The summed E-state index contributed by atoms with van der Waals surface area (Å²) in [4.78, 5) is 9.20. The lowest BCUT2D eigenvalue weighted by atomic mass is 10.2. The summed E-state index contributed by atoms with van der Waals surface area (Å²) in [7, 11) is 1.74. The summed E-state index contributed by atoms with van der Waals surface area (Å²) >= 11 is 0. The number of rotatable bonds is 6. The Balaban J connectivity index is 0.00000312. The van der Waals surface area contributed by atoms with Crippen LogP contribution in [-0.4, -0.2) is 68.1 Å². The van der Waals surface area contributed by atoms with Crippen LogP contribution in [0.25, 0.3) is 0 Å². The molecule has 0 aromatic heterocycles. The third kappa shape index (κ3) is 7.07. The summed E-state index contributed by atoms with van der Waals surface area (Å²) < 4.78 is 13.7. The van der Waals surface area contributed by atoms with Crippen LogP contribution in [0.1, 0.15) is 19.4 Å². The molecule has 0 spiro atoms. The molecule has 1 aliphatic rings. The molecule has 25 heavy (non-hydrogen) atoms. The quantitative estimate of drug-likeness (QED) is 0.386. The predicted molar refractivity (Wildman–Crippen MR) is 113 cm³/mol. The van der Waals surface area contributed by atoms with E-state index in [1.54, 1.807) is 19.2 Å². The van der Waals surface area contributed by atoms with Gasteiger partial charge in [0, 0.05) is 57.9 Å². The zero-order valence-electron chi connectivity index (χ0n) is 15.5. The zero-order chi connectivity index (χ0) is 17.4. The van der Waals surface area contributed by atoms with Crippen LogP contribution in [0.2, 0.25) is 0 Å². The van der Waals surface area contributed by atoms with Crippen LogP contribution >= 0.6 is 24.0 Å². The average molecular weight is 463 g/mol. The molecule has 0 aliphatic carbocycles. The second-order valence-corrected chi connectivity index (χ2v) is 6.22. The van der Waals surface area contributed by atoms with Crippen LogP contribution in [0.5, 0.6) is 0 Å². The molecule has 1 heterocycles. The number of hydrogen-bond acceptors (Lipinski definition) is 3. The van der Waals surface area contributed by atoms with Crippen molar-refractivity contribution in [2.45, 2.75) is 26.4 Å². The van der Waals surface area contributed by atoms with Crippen molar-refractivity contribution >= 4 is 29.9 Å². The molecule has 1 aliphatic heterocycles. The lowest BCUT2D eigenvalue weighted by Gasteiger charge is -2.37. The standard InChI is InChI=1S/C18H30FN5.HI/c1-4-23-9-11-24(12-10-23)15(2)13-21-18(20-3)22-14-16-7-5-6-8-17(16)19;/h5-8,15H,4,9-14H2,1-3H3,(H2,20,21,22);1H. The highest BCUT2D eigenvalue weighted by Gasteiger charge is 2.20. The topological polar surface area (TPSA) is 42.9 Å². The largest absolute Gasteiger partial charge is 0.355 e. The Bertz CT molecular complexity index is 532. The van der Waals surface area contributed by atoms with E-state index in [0.29, 0.717) is 24.1 Å². The van der Waals surface area contributed by atoms with E-state index in [2.05, 4.69) is 39.3 Å². The third-order valence-electron chi connectivity index (χ3n) is 4.67. The SMILES string of the molecule is CCN1CCN(C(C)CNC(=NC)NCc2ccccc2F)CC1.I. The molecule has 7 heteroatoms. The van der Waals surface area contributed by atoms with Crippen molar-refractivity contribution in [1.82, 2.24) is 20.4 Å². The Hall–Kier alpha value is -0.930. The molecule has 1 aromatic rings. The number of nitrogens with one attached hydrogen (secondary N) is 2. The van der Waals surface area contributed by atoms with Gasteiger partial charge in [-0.05, 0) is 19.5 Å². The fourth-order valence-corrected chi connectivity index (χ4v) is 2.94. The molecule has 2 rings (SSSR count). The maximum Gasteiger partial charge on any atom is 0.191 e. The molecule has 1 saturated heterocycles. The summed E-state index contributed by atoms with van der Waals surface area (Å²) in [6.07, 6.45) is 0. The number of likely N-dealkylation sites (N-methyl/N-ethyl adjacent to an activating group) is 1. The Morgan fingerprint density at radius 3 is 2.48 bits per heavy atom. The number of nitrogens with zero attached hydrogens (tertiary/aromatic N) is 3.